The molecule has 0 aliphatic heterocycles. The molecule has 0 aromatic heterocycles. The first-order valence-corrected chi connectivity index (χ1v) is 11.9. The Bertz CT molecular complexity index is 709. The largest absolute Gasteiger partial charge is 0.325 e. The quantitative estimate of drug-likeness (QED) is 0.718. The molecular weight excluding hydrogens is 368 g/mol. The van der Waals surface area contributed by atoms with E-state index in [0.717, 1.165) is 5.56 Å². The molecule has 0 heterocycles. The highest BCUT2D eigenvalue weighted by molar-refractivity contribution is 8.00. The molecule has 1 aromatic rings. The molecule has 0 spiro atoms. The lowest BCUT2D eigenvalue weighted by Gasteiger charge is -2.21. The van der Waals surface area contributed by atoms with Gasteiger partial charge < -0.3 is 5.32 Å². The third-order valence-electron chi connectivity index (χ3n) is 4.83. The first-order chi connectivity index (χ1) is 12.4. The molecule has 0 bridgehead atoms. The summed E-state index contributed by atoms with van der Waals surface area (Å²) >= 11 is 1.71. The lowest BCUT2D eigenvalue weighted by Crippen LogP contribution is -2.30. The van der Waals surface area contributed by atoms with Crippen LogP contribution in [0.15, 0.2) is 23.1 Å². The lowest BCUT2D eigenvalue weighted by atomic mass is 10.0. The molecule has 1 saturated carbocycles. The van der Waals surface area contributed by atoms with E-state index in [1.807, 2.05) is 20.8 Å². The van der Waals surface area contributed by atoms with Crippen molar-refractivity contribution in [1.82, 2.24) is 4.31 Å². The van der Waals surface area contributed by atoms with Gasteiger partial charge in [-0.25, -0.2) is 8.42 Å². The maximum absolute atomic E-state index is 12.7. The number of anilines is 1. The maximum Gasteiger partial charge on any atom is 0.243 e. The number of nitrogens with one attached hydrogen (secondary N) is 1. The molecule has 0 radical (unpaired) electrons. The number of sulfonamides is 1. The summed E-state index contributed by atoms with van der Waals surface area (Å²) in [6, 6.07) is 4.93. The second kappa shape index (κ2) is 9.76. The number of carbonyl (C=O) groups is 1. The molecular formula is C19H30N2O3S2. The van der Waals surface area contributed by atoms with Crippen LogP contribution in [0.5, 0.6) is 0 Å². The summed E-state index contributed by atoms with van der Waals surface area (Å²) in [6.45, 7) is 6.36. The Kier molecular flexibility index (Phi) is 7.98. The summed E-state index contributed by atoms with van der Waals surface area (Å²) in [4.78, 5) is 12.5. The van der Waals surface area contributed by atoms with Gasteiger partial charge in [0.05, 0.1) is 10.6 Å². The number of carbonyl (C=O) groups excluding carboxylic acids is 1. The first kappa shape index (κ1) is 21.3. The molecule has 1 aromatic carbocycles. The molecule has 0 saturated heterocycles. The third kappa shape index (κ3) is 5.47. The van der Waals surface area contributed by atoms with Gasteiger partial charge in [0.1, 0.15) is 0 Å². The number of hydrogen-bond acceptors (Lipinski definition) is 4. The van der Waals surface area contributed by atoms with Crippen LogP contribution in [-0.2, 0) is 14.8 Å². The monoisotopic (exact) mass is 398 g/mol. The summed E-state index contributed by atoms with van der Waals surface area (Å²) in [5.74, 6) is 0.345. The van der Waals surface area contributed by atoms with Crippen molar-refractivity contribution < 1.29 is 13.2 Å². The number of rotatable bonds is 8. The van der Waals surface area contributed by atoms with Crippen LogP contribution in [0.1, 0.15) is 51.5 Å². The van der Waals surface area contributed by atoms with E-state index in [2.05, 4.69) is 5.32 Å². The standard InChI is InChI=1S/C19H30N2O3S2/c1-4-21(5-2)26(23,24)17-12-11-15(3)18(13-17)20-19(22)14-25-16-9-7-6-8-10-16/h11-13,16H,4-10,14H2,1-3H3,(H,20,22). The van der Waals surface area contributed by atoms with Gasteiger partial charge in [-0.2, -0.15) is 4.31 Å². The number of thioether (sulfide) groups is 1. The normalized spacial score (nSPS) is 16.0. The molecule has 1 aliphatic carbocycles. The fourth-order valence-electron chi connectivity index (χ4n) is 3.22. The zero-order valence-electron chi connectivity index (χ0n) is 16.0. The Morgan fingerprint density at radius 2 is 1.85 bits per heavy atom. The zero-order chi connectivity index (χ0) is 19.2. The van der Waals surface area contributed by atoms with E-state index in [1.165, 1.54) is 36.4 Å². The first-order valence-electron chi connectivity index (χ1n) is 9.40. The van der Waals surface area contributed by atoms with Crippen LogP contribution in [0, 0.1) is 6.92 Å². The van der Waals surface area contributed by atoms with Crippen molar-refractivity contribution in [3.8, 4) is 0 Å². The van der Waals surface area contributed by atoms with Gasteiger partial charge in [0.2, 0.25) is 15.9 Å². The van der Waals surface area contributed by atoms with Crippen LogP contribution < -0.4 is 5.32 Å². The minimum absolute atomic E-state index is 0.0685. The van der Waals surface area contributed by atoms with E-state index in [1.54, 1.807) is 30.0 Å². The molecule has 2 rings (SSSR count). The molecule has 1 N–H and O–H groups in total. The van der Waals surface area contributed by atoms with E-state index in [-0.39, 0.29) is 10.8 Å². The Morgan fingerprint density at radius 1 is 1.19 bits per heavy atom. The molecule has 1 aliphatic rings. The average molecular weight is 399 g/mol. The smallest absolute Gasteiger partial charge is 0.243 e. The van der Waals surface area contributed by atoms with Crippen molar-refractivity contribution >= 4 is 33.4 Å². The van der Waals surface area contributed by atoms with E-state index in [4.69, 9.17) is 0 Å². The fraction of sp³-hybridized carbons (Fsp3) is 0.632. The van der Waals surface area contributed by atoms with Gasteiger partial charge in [-0.3, -0.25) is 4.79 Å². The van der Waals surface area contributed by atoms with Crippen LogP contribution in [-0.4, -0.2) is 42.7 Å². The average Bonchev–Trinajstić information content (AvgIpc) is 2.63. The summed E-state index contributed by atoms with van der Waals surface area (Å²) < 4.78 is 26.8. The van der Waals surface area contributed by atoms with Gasteiger partial charge in [-0.15, -0.1) is 11.8 Å². The highest BCUT2D eigenvalue weighted by Gasteiger charge is 2.22. The van der Waals surface area contributed by atoms with Crippen molar-refractivity contribution in [2.75, 3.05) is 24.2 Å². The number of hydrogen-bond donors (Lipinski definition) is 1. The predicted octanol–water partition coefficient (Wildman–Crippen LogP) is 4.03. The topological polar surface area (TPSA) is 66.5 Å². The number of benzene rings is 1. The minimum atomic E-state index is -3.53. The molecule has 5 nitrogen and oxygen atoms in total. The van der Waals surface area contributed by atoms with Crippen LogP contribution >= 0.6 is 11.8 Å². The van der Waals surface area contributed by atoms with Crippen molar-refractivity contribution in [3.63, 3.8) is 0 Å². The Hall–Kier alpha value is -1.05. The highest BCUT2D eigenvalue weighted by atomic mass is 32.2. The van der Waals surface area contributed by atoms with Gasteiger partial charge in [0.25, 0.3) is 0 Å². The van der Waals surface area contributed by atoms with E-state index in [0.29, 0.717) is 29.8 Å². The zero-order valence-corrected chi connectivity index (χ0v) is 17.6. The summed E-state index contributed by atoms with van der Waals surface area (Å²) in [5, 5.41) is 3.47. The van der Waals surface area contributed by atoms with Gasteiger partial charge >= 0.3 is 0 Å². The van der Waals surface area contributed by atoms with Gasteiger partial charge in [-0.1, -0.05) is 39.2 Å². The van der Waals surface area contributed by atoms with Gasteiger partial charge in [0.15, 0.2) is 0 Å². The van der Waals surface area contributed by atoms with Gasteiger partial charge in [-0.05, 0) is 37.5 Å². The van der Waals surface area contributed by atoms with Gasteiger partial charge in [0, 0.05) is 24.0 Å². The summed E-state index contributed by atoms with van der Waals surface area (Å²) in [7, 11) is -3.53. The van der Waals surface area contributed by atoms with Crippen LogP contribution in [0.4, 0.5) is 5.69 Å². The van der Waals surface area contributed by atoms with E-state index >= 15 is 0 Å². The Balaban J connectivity index is 2.05. The van der Waals surface area contributed by atoms with E-state index in [9.17, 15) is 13.2 Å². The number of aryl methyl sites for hydroxylation is 1. The molecule has 26 heavy (non-hydrogen) atoms. The summed E-state index contributed by atoms with van der Waals surface area (Å²) in [5.41, 5.74) is 1.44. The minimum Gasteiger partial charge on any atom is -0.325 e. The Morgan fingerprint density at radius 3 is 2.46 bits per heavy atom. The van der Waals surface area contributed by atoms with Crippen molar-refractivity contribution in [2.24, 2.45) is 0 Å². The number of amides is 1. The maximum atomic E-state index is 12.7. The molecule has 1 fully saturated rings. The lowest BCUT2D eigenvalue weighted by molar-refractivity contribution is -0.113. The third-order valence-corrected chi connectivity index (χ3v) is 8.25. The molecule has 0 atom stereocenters. The molecule has 146 valence electrons. The van der Waals surface area contributed by atoms with Crippen molar-refractivity contribution in [1.29, 1.82) is 0 Å². The highest BCUT2D eigenvalue weighted by Crippen LogP contribution is 2.28. The second-order valence-electron chi connectivity index (χ2n) is 6.69. The van der Waals surface area contributed by atoms with Crippen molar-refractivity contribution in [2.45, 2.75) is 63.0 Å². The Labute approximate surface area is 162 Å². The molecule has 0 unspecified atom stereocenters. The SMILES string of the molecule is CCN(CC)S(=O)(=O)c1ccc(C)c(NC(=O)CSC2CCCCC2)c1. The van der Waals surface area contributed by atoms with Crippen LogP contribution in [0.2, 0.25) is 0 Å². The molecule has 1 amide bonds. The van der Waals surface area contributed by atoms with Crippen LogP contribution in [0.3, 0.4) is 0 Å². The second-order valence-corrected chi connectivity index (χ2v) is 9.91. The fourth-order valence-corrected chi connectivity index (χ4v) is 5.83. The summed E-state index contributed by atoms with van der Waals surface area (Å²) in [6.07, 6.45) is 6.19. The molecule has 7 heteroatoms. The predicted molar refractivity (Wildman–Crippen MR) is 109 cm³/mol. The van der Waals surface area contributed by atoms with Crippen LogP contribution in [0.25, 0.3) is 0 Å². The van der Waals surface area contributed by atoms with E-state index < -0.39 is 10.0 Å². The number of nitrogens with zero attached hydrogens (tertiary/aromatic N) is 1. The van der Waals surface area contributed by atoms with Crippen molar-refractivity contribution in [3.05, 3.63) is 23.8 Å².